The standard InChI is InChI=1S/C13H18ClN3.ClH/c1-8(2)11-6-10(14)7-12(9(11)3)17-13-15-4-5-16-13;/h6-8H,4-5H2,1-3H3,(H2,15,16,17);1H. The monoisotopic (exact) mass is 287 g/mol. The highest BCUT2D eigenvalue weighted by Gasteiger charge is 2.12. The Morgan fingerprint density at radius 1 is 1.39 bits per heavy atom. The van der Waals surface area contributed by atoms with E-state index in [0.29, 0.717) is 5.92 Å². The summed E-state index contributed by atoms with van der Waals surface area (Å²) in [5.74, 6) is 1.30. The maximum absolute atomic E-state index is 6.15. The van der Waals surface area contributed by atoms with E-state index in [9.17, 15) is 0 Å². The largest absolute Gasteiger partial charge is 0.354 e. The molecule has 1 aromatic rings. The van der Waals surface area contributed by atoms with Crippen LogP contribution in [0.4, 0.5) is 5.69 Å². The van der Waals surface area contributed by atoms with Crippen molar-refractivity contribution >= 4 is 35.7 Å². The number of nitrogens with one attached hydrogen (secondary N) is 2. The van der Waals surface area contributed by atoms with Crippen molar-refractivity contribution in [2.24, 2.45) is 4.99 Å². The first kappa shape index (κ1) is 15.1. The lowest BCUT2D eigenvalue weighted by Crippen LogP contribution is -2.26. The third-order valence-electron chi connectivity index (χ3n) is 2.96. The summed E-state index contributed by atoms with van der Waals surface area (Å²) < 4.78 is 0. The fourth-order valence-corrected chi connectivity index (χ4v) is 2.27. The molecular weight excluding hydrogens is 269 g/mol. The Bertz CT molecular complexity index is 456. The molecule has 0 aliphatic carbocycles. The number of rotatable bonds is 2. The summed E-state index contributed by atoms with van der Waals surface area (Å²) in [6.45, 7) is 8.20. The summed E-state index contributed by atoms with van der Waals surface area (Å²) in [4.78, 5) is 4.33. The minimum Gasteiger partial charge on any atom is -0.354 e. The molecule has 5 heteroatoms. The fraction of sp³-hybridized carbons (Fsp3) is 0.462. The number of hydrogen-bond acceptors (Lipinski definition) is 3. The van der Waals surface area contributed by atoms with Crippen molar-refractivity contribution in [3.8, 4) is 0 Å². The molecule has 0 bridgehead atoms. The minimum atomic E-state index is 0. The summed E-state index contributed by atoms with van der Waals surface area (Å²) in [5, 5.41) is 7.26. The Hall–Kier alpha value is -0.930. The van der Waals surface area contributed by atoms with Gasteiger partial charge in [-0.2, -0.15) is 0 Å². The van der Waals surface area contributed by atoms with Crippen LogP contribution < -0.4 is 10.6 Å². The first-order chi connectivity index (χ1) is 8.08. The molecule has 18 heavy (non-hydrogen) atoms. The Morgan fingerprint density at radius 3 is 2.67 bits per heavy atom. The lowest BCUT2D eigenvalue weighted by Gasteiger charge is -2.16. The van der Waals surface area contributed by atoms with E-state index in [1.54, 1.807) is 0 Å². The summed E-state index contributed by atoms with van der Waals surface area (Å²) in [6, 6.07) is 3.99. The molecule has 2 N–H and O–H groups in total. The normalized spacial score (nSPS) is 13.9. The average Bonchev–Trinajstić information content (AvgIpc) is 2.75. The van der Waals surface area contributed by atoms with E-state index in [2.05, 4.69) is 36.4 Å². The number of aliphatic imine (C=N–C) groups is 1. The topological polar surface area (TPSA) is 36.4 Å². The van der Waals surface area contributed by atoms with Crippen LogP contribution in [-0.4, -0.2) is 19.0 Å². The number of benzene rings is 1. The third-order valence-corrected chi connectivity index (χ3v) is 3.18. The Kier molecular flexibility index (Phi) is 5.29. The predicted octanol–water partition coefficient (Wildman–Crippen LogP) is 3.56. The van der Waals surface area contributed by atoms with Crippen molar-refractivity contribution in [3.63, 3.8) is 0 Å². The van der Waals surface area contributed by atoms with Crippen molar-refractivity contribution in [2.75, 3.05) is 18.4 Å². The zero-order valence-corrected chi connectivity index (χ0v) is 12.5. The molecule has 0 saturated heterocycles. The van der Waals surface area contributed by atoms with Crippen LogP contribution in [0.3, 0.4) is 0 Å². The zero-order chi connectivity index (χ0) is 12.4. The molecule has 0 fully saturated rings. The molecule has 0 unspecified atom stereocenters. The Balaban J connectivity index is 0.00000162. The highest BCUT2D eigenvalue weighted by atomic mass is 35.5. The van der Waals surface area contributed by atoms with Gasteiger partial charge in [0.25, 0.3) is 0 Å². The van der Waals surface area contributed by atoms with Gasteiger partial charge in [0.15, 0.2) is 5.96 Å². The molecule has 1 aliphatic rings. The third kappa shape index (κ3) is 3.30. The number of guanidine groups is 1. The van der Waals surface area contributed by atoms with Gasteiger partial charge in [-0.25, -0.2) is 0 Å². The summed E-state index contributed by atoms with van der Waals surface area (Å²) in [5.41, 5.74) is 3.55. The van der Waals surface area contributed by atoms with Gasteiger partial charge in [0, 0.05) is 17.3 Å². The van der Waals surface area contributed by atoms with Gasteiger partial charge >= 0.3 is 0 Å². The van der Waals surface area contributed by atoms with Crippen molar-refractivity contribution in [3.05, 3.63) is 28.3 Å². The van der Waals surface area contributed by atoms with Crippen LogP contribution >= 0.6 is 24.0 Å². The van der Waals surface area contributed by atoms with Gasteiger partial charge in [0.2, 0.25) is 0 Å². The lowest BCUT2D eigenvalue weighted by atomic mass is 9.97. The fourth-order valence-electron chi connectivity index (χ4n) is 2.04. The van der Waals surface area contributed by atoms with E-state index < -0.39 is 0 Å². The highest BCUT2D eigenvalue weighted by molar-refractivity contribution is 6.31. The van der Waals surface area contributed by atoms with E-state index in [-0.39, 0.29) is 12.4 Å². The van der Waals surface area contributed by atoms with Crippen LogP contribution in [0.1, 0.15) is 30.9 Å². The molecule has 100 valence electrons. The molecule has 0 atom stereocenters. The summed E-state index contributed by atoms with van der Waals surface area (Å²) >= 11 is 6.15. The molecule has 3 nitrogen and oxygen atoms in total. The van der Waals surface area contributed by atoms with E-state index in [4.69, 9.17) is 11.6 Å². The van der Waals surface area contributed by atoms with Gasteiger partial charge in [0.1, 0.15) is 0 Å². The van der Waals surface area contributed by atoms with Gasteiger partial charge < -0.3 is 10.6 Å². The molecule has 0 radical (unpaired) electrons. The van der Waals surface area contributed by atoms with E-state index in [1.807, 2.05) is 12.1 Å². The molecule has 1 heterocycles. The van der Waals surface area contributed by atoms with Crippen molar-refractivity contribution < 1.29 is 0 Å². The smallest absolute Gasteiger partial charge is 0.195 e. The molecule has 0 spiro atoms. The maximum atomic E-state index is 6.15. The summed E-state index contributed by atoms with van der Waals surface area (Å²) in [6.07, 6.45) is 0. The molecule has 2 rings (SSSR count). The molecule has 0 saturated carbocycles. The van der Waals surface area contributed by atoms with Crippen LogP contribution in [0.2, 0.25) is 5.02 Å². The number of hydrogen-bond donors (Lipinski definition) is 2. The average molecular weight is 288 g/mol. The van der Waals surface area contributed by atoms with E-state index in [0.717, 1.165) is 29.8 Å². The minimum absolute atomic E-state index is 0. The van der Waals surface area contributed by atoms with Crippen LogP contribution in [-0.2, 0) is 0 Å². The second-order valence-electron chi connectivity index (χ2n) is 4.60. The van der Waals surface area contributed by atoms with Crippen LogP contribution in [0.15, 0.2) is 17.1 Å². The molecule has 0 amide bonds. The number of halogens is 2. The zero-order valence-electron chi connectivity index (χ0n) is 10.9. The van der Waals surface area contributed by atoms with Crippen LogP contribution in [0, 0.1) is 6.92 Å². The molecule has 0 aromatic heterocycles. The second kappa shape index (κ2) is 6.30. The molecular formula is C13H19Cl2N3. The quantitative estimate of drug-likeness (QED) is 0.873. The van der Waals surface area contributed by atoms with Gasteiger partial charge in [-0.15, -0.1) is 12.4 Å². The number of anilines is 1. The first-order valence-electron chi connectivity index (χ1n) is 5.93. The predicted molar refractivity (Wildman–Crippen MR) is 81.5 cm³/mol. The van der Waals surface area contributed by atoms with E-state index in [1.165, 1.54) is 11.1 Å². The van der Waals surface area contributed by atoms with E-state index >= 15 is 0 Å². The van der Waals surface area contributed by atoms with Gasteiger partial charge in [-0.1, -0.05) is 25.4 Å². The second-order valence-corrected chi connectivity index (χ2v) is 5.04. The molecule has 1 aromatic carbocycles. The SMILES string of the molecule is Cc1c(NC2=NCCN2)cc(Cl)cc1C(C)C.Cl. The first-order valence-corrected chi connectivity index (χ1v) is 6.31. The van der Waals surface area contributed by atoms with Gasteiger partial charge in [-0.05, 0) is 36.1 Å². The van der Waals surface area contributed by atoms with Crippen molar-refractivity contribution in [2.45, 2.75) is 26.7 Å². The van der Waals surface area contributed by atoms with Gasteiger partial charge in [0.05, 0.1) is 6.54 Å². The summed E-state index contributed by atoms with van der Waals surface area (Å²) in [7, 11) is 0. The van der Waals surface area contributed by atoms with Crippen molar-refractivity contribution in [1.29, 1.82) is 0 Å². The van der Waals surface area contributed by atoms with Crippen LogP contribution in [0.5, 0.6) is 0 Å². The van der Waals surface area contributed by atoms with Crippen molar-refractivity contribution in [1.82, 2.24) is 5.32 Å². The maximum Gasteiger partial charge on any atom is 0.195 e. The molecule has 1 aliphatic heterocycles. The number of nitrogens with zero attached hydrogens (tertiary/aromatic N) is 1. The van der Waals surface area contributed by atoms with Gasteiger partial charge in [-0.3, -0.25) is 4.99 Å². The highest BCUT2D eigenvalue weighted by Crippen LogP contribution is 2.29. The Morgan fingerprint density at radius 2 is 2.11 bits per heavy atom. The van der Waals surface area contributed by atoms with Crippen LogP contribution in [0.25, 0.3) is 0 Å². The lowest BCUT2D eigenvalue weighted by molar-refractivity contribution is 0.857. The Labute approximate surface area is 119 Å².